The smallest absolute Gasteiger partial charge is 0.205 e. The lowest BCUT2D eigenvalue weighted by Crippen LogP contribution is -2.21. The molecular formula is C21H13Br2ClN2O2. The zero-order valence-electron chi connectivity index (χ0n) is 14.6. The molecule has 4 rings (SSSR count). The molecule has 1 aliphatic heterocycles. The van der Waals surface area contributed by atoms with Crippen molar-refractivity contribution in [3.05, 3.63) is 79.0 Å². The summed E-state index contributed by atoms with van der Waals surface area (Å²) < 4.78 is 12.8. The summed E-state index contributed by atoms with van der Waals surface area (Å²) in [5.74, 6) is 0.956. The molecule has 0 saturated heterocycles. The van der Waals surface area contributed by atoms with Gasteiger partial charge in [0.2, 0.25) is 5.88 Å². The third-order valence-corrected chi connectivity index (χ3v) is 6.22. The van der Waals surface area contributed by atoms with Crippen molar-refractivity contribution in [3.8, 4) is 17.6 Å². The first-order valence-electron chi connectivity index (χ1n) is 8.28. The SMILES string of the molecule is COc1c(Br)cc(C2C(C#N)=C(N)Oc3c2cc(Cl)c2ccccc32)cc1Br. The monoisotopic (exact) mass is 518 g/mol. The molecule has 0 fully saturated rings. The highest BCUT2D eigenvalue weighted by molar-refractivity contribution is 9.11. The fourth-order valence-corrected chi connectivity index (χ4v) is 5.35. The molecule has 0 spiro atoms. The van der Waals surface area contributed by atoms with Gasteiger partial charge >= 0.3 is 0 Å². The van der Waals surface area contributed by atoms with Crippen molar-refractivity contribution in [2.45, 2.75) is 5.92 Å². The highest BCUT2D eigenvalue weighted by Gasteiger charge is 2.33. The van der Waals surface area contributed by atoms with Crippen molar-refractivity contribution >= 4 is 54.2 Å². The standard InChI is InChI=1S/C21H13Br2ClN2O2/c1-27-20-15(22)6-10(7-16(20)23)18-13-8-17(24)11-4-2-3-5-12(11)19(13)28-21(26)14(18)9-25/h2-8,18H,26H2,1H3. The molecule has 28 heavy (non-hydrogen) atoms. The van der Waals surface area contributed by atoms with Gasteiger partial charge in [-0.1, -0.05) is 35.9 Å². The highest BCUT2D eigenvalue weighted by Crippen LogP contribution is 2.49. The molecule has 0 aliphatic carbocycles. The Kier molecular flexibility index (Phi) is 5.00. The number of nitrogens with two attached hydrogens (primary N) is 1. The van der Waals surface area contributed by atoms with E-state index in [0.29, 0.717) is 22.1 Å². The molecule has 0 bridgehead atoms. The lowest BCUT2D eigenvalue weighted by Gasteiger charge is -2.28. The second kappa shape index (κ2) is 7.32. The van der Waals surface area contributed by atoms with Crippen molar-refractivity contribution in [2.75, 3.05) is 7.11 Å². The second-order valence-corrected chi connectivity index (χ2v) is 8.38. The summed E-state index contributed by atoms with van der Waals surface area (Å²) in [5.41, 5.74) is 8.13. The van der Waals surface area contributed by atoms with E-state index in [1.165, 1.54) is 0 Å². The number of hydrogen-bond donors (Lipinski definition) is 1. The Balaban J connectivity index is 2.04. The predicted molar refractivity (Wildman–Crippen MR) is 117 cm³/mol. The van der Waals surface area contributed by atoms with Gasteiger partial charge in [0.1, 0.15) is 23.1 Å². The van der Waals surface area contributed by atoms with Gasteiger partial charge < -0.3 is 15.2 Å². The molecule has 1 aliphatic rings. The maximum absolute atomic E-state index is 9.79. The summed E-state index contributed by atoms with van der Waals surface area (Å²) in [6.45, 7) is 0. The van der Waals surface area contributed by atoms with Gasteiger partial charge in [0.05, 0.1) is 22.0 Å². The molecule has 140 valence electrons. The van der Waals surface area contributed by atoms with E-state index in [1.807, 2.05) is 42.5 Å². The first-order chi connectivity index (χ1) is 13.5. The summed E-state index contributed by atoms with van der Waals surface area (Å²) in [4.78, 5) is 0. The second-order valence-electron chi connectivity index (χ2n) is 6.26. The van der Waals surface area contributed by atoms with Crippen LogP contribution in [0.15, 0.2) is 62.9 Å². The van der Waals surface area contributed by atoms with Gasteiger partial charge in [-0.3, -0.25) is 0 Å². The fourth-order valence-electron chi connectivity index (χ4n) is 3.52. The molecule has 0 saturated carbocycles. The van der Waals surface area contributed by atoms with Gasteiger partial charge in [-0.25, -0.2) is 0 Å². The van der Waals surface area contributed by atoms with Gasteiger partial charge in [-0.2, -0.15) is 5.26 Å². The molecule has 0 radical (unpaired) electrons. The van der Waals surface area contributed by atoms with Crippen LogP contribution in [0.2, 0.25) is 5.02 Å². The van der Waals surface area contributed by atoms with Gasteiger partial charge in [0.25, 0.3) is 0 Å². The average Bonchev–Trinajstić information content (AvgIpc) is 2.67. The third kappa shape index (κ3) is 2.95. The minimum atomic E-state index is -0.422. The molecule has 1 heterocycles. The van der Waals surface area contributed by atoms with Crippen molar-refractivity contribution in [3.63, 3.8) is 0 Å². The van der Waals surface area contributed by atoms with Crippen molar-refractivity contribution < 1.29 is 9.47 Å². The summed E-state index contributed by atoms with van der Waals surface area (Å²) in [5, 5.41) is 12.1. The number of nitrogens with zero attached hydrogens (tertiary/aromatic N) is 1. The number of allylic oxidation sites excluding steroid dienone is 1. The van der Waals surface area contributed by atoms with Gasteiger partial charge in [-0.05, 0) is 55.6 Å². The van der Waals surface area contributed by atoms with Crippen LogP contribution in [0, 0.1) is 11.3 Å². The normalized spacial score (nSPS) is 15.8. The number of halogens is 3. The van der Waals surface area contributed by atoms with Crippen LogP contribution in [0.3, 0.4) is 0 Å². The maximum atomic E-state index is 9.79. The number of fused-ring (bicyclic) bond motifs is 3. The molecule has 2 N–H and O–H groups in total. The van der Waals surface area contributed by atoms with Crippen LogP contribution >= 0.6 is 43.5 Å². The highest BCUT2D eigenvalue weighted by atomic mass is 79.9. The van der Waals surface area contributed by atoms with Crippen LogP contribution in [0.5, 0.6) is 11.5 Å². The fraction of sp³-hybridized carbons (Fsp3) is 0.0952. The van der Waals surface area contributed by atoms with E-state index in [9.17, 15) is 5.26 Å². The number of nitriles is 1. The van der Waals surface area contributed by atoms with Crippen molar-refractivity contribution in [1.29, 1.82) is 5.26 Å². The van der Waals surface area contributed by atoms with E-state index in [0.717, 1.165) is 30.8 Å². The molecular weight excluding hydrogens is 508 g/mol. The maximum Gasteiger partial charge on any atom is 0.205 e. The molecule has 1 unspecified atom stereocenters. The Morgan fingerprint density at radius 3 is 2.39 bits per heavy atom. The summed E-state index contributed by atoms with van der Waals surface area (Å²) >= 11 is 13.6. The Labute approximate surface area is 183 Å². The van der Waals surface area contributed by atoms with E-state index >= 15 is 0 Å². The van der Waals surface area contributed by atoms with Crippen molar-refractivity contribution in [1.82, 2.24) is 0 Å². The molecule has 4 nitrogen and oxygen atoms in total. The number of hydrogen-bond acceptors (Lipinski definition) is 4. The Hall–Kier alpha value is -2.20. The lowest BCUT2D eigenvalue weighted by atomic mass is 9.82. The molecule has 3 aromatic rings. The first-order valence-corrected chi connectivity index (χ1v) is 10.2. The van der Waals surface area contributed by atoms with E-state index < -0.39 is 5.92 Å². The molecule has 0 aromatic heterocycles. The van der Waals surface area contributed by atoms with Crippen LogP contribution in [0.25, 0.3) is 10.8 Å². The van der Waals surface area contributed by atoms with Crippen molar-refractivity contribution in [2.24, 2.45) is 5.73 Å². The third-order valence-electron chi connectivity index (χ3n) is 4.73. The average molecular weight is 521 g/mol. The van der Waals surface area contributed by atoms with Gasteiger partial charge in [-0.15, -0.1) is 0 Å². The van der Waals surface area contributed by atoms with E-state index in [-0.39, 0.29) is 5.88 Å². The largest absolute Gasteiger partial charge is 0.494 e. The van der Waals surface area contributed by atoms with Crippen LogP contribution in [0.4, 0.5) is 0 Å². The molecule has 7 heteroatoms. The number of rotatable bonds is 2. The zero-order chi connectivity index (χ0) is 20.0. The topological polar surface area (TPSA) is 68.3 Å². The predicted octanol–water partition coefficient (Wildman–Crippen LogP) is 6.24. The van der Waals surface area contributed by atoms with Gasteiger partial charge in [0, 0.05) is 21.4 Å². The van der Waals surface area contributed by atoms with Gasteiger partial charge in [0.15, 0.2) is 0 Å². The summed E-state index contributed by atoms with van der Waals surface area (Å²) in [6.07, 6.45) is 0. The molecule has 3 aromatic carbocycles. The van der Waals surface area contributed by atoms with E-state index in [1.54, 1.807) is 7.11 Å². The Bertz CT molecular complexity index is 1180. The number of ether oxygens (including phenoxy) is 2. The van der Waals surface area contributed by atoms with Crippen LogP contribution in [-0.2, 0) is 0 Å². The Morgan fingerprint density at radius 2 is 1.79 bits per heavy atom. The molecule has 1 atom stereocenters. The minimum Gasteiger partial charge on any atom is -0.494 e. The van der Waals surface area contributed by atoms with Crippen LogP contribution in [-0.4, -0.2) is 7.11 Å². The number of methoxy groups -OCH3 is 1. The quantitative estimate of drug-likeness (QED) is 0.434. The summed E-state index contributed by atoms with van der Waals surface area (Å²) in [6, 6.07) is 15.6. The van der Waals surface area contributed by atoms with Crippen LogP contribution < -0.4 is 15.2 Å². The van der Waals surface area contributed by atoms with E-state index in [2.05, 4.69) is 37.9 Å². The zero-order valence-corrected chi connectivity index (χ0v) is 18.5. The first kappa shape index (κ1) is 19.1. The summed E-state index contributed by atoms with van der Waals surface area (Å²) in [7, 11) is 1.60. The number of benzene rings is 3. The Morgan fingerprint density at radius 1 is 1.14 bits per heavy atom. The lowest BCUT2D eigenvalue weighted by molar-refractivity contribution is 0.398. The minimum absolute atomic E-state index is 0.0931. The van der Waals surface area contributed by atoms with E-state index in [4.69, 9.17) is 26.8 Å². The molecule has 0 amide bonds. The van der Waals surface area contributed by atoms with Crippen LogP contribution in [0.1, 0.15) is 17.0 Å².